The molecular formula is C21H29N3O2. The Morgan fingerprint density at radius 2 is 1.77 bits per heavy atom. The number of nitrogens with zero attached hydrogens (tertiary/aromatic N) is 1. The third-order valence-electron chi connectivity index (χ3n) is 4.24. The third kappa shape index (κ3) is 5.15. The second-order valence-electron chi connectivity index (χ2n) is 6.00. The Balaban J connectivity index is 1.98. The predicted octanol–water partition coefficient (Wildman–Crippen LogP) is 4.29. The van der Waals surface area contributed by atoms with Gasteiger partial charge in [-0.15, -0.1) is 0 Å². The van der Waals surface area contributed by atoms with Crippen molar-refractivity contribution < 1.29 is 9.53 Å². The molecule has 0 unspecified atom stereocenters. The number of amides is 1. The predicted molar refractivity (Wildman–Crippen MR) is 109 cm³/mol. The number of carbonyl (C=O) groups is 1. The monoisotopic (exact) mass is 355 g/mol. The molecule has 0 saturated carbocycles. The summed E-state index contributed by atoms with van der Waals surface area (Å²) in [6.45, 7) is 10.9. The smallest absolute Gasteiger partial charge is 0.243 e. The second-order valence-corrected chi connectivity index (χ2v) is 6.00. The van der Waals surface area contributed by atoms with E-state index in [1.807, 2.05) is 50.2 Å². The average molecular weight is 355 g/mol. The van der Waals surface area contributed by atoms with Crippen molar-refractivity contribution in [1.82, 2.24) is 0 Å². The molecule has 0 aromatic heterocycles. The number of nitrogens with one attached hydrogen (secondary N) is 2. The molecule has 2 aromatic rings. The van der Waals surface area contributed by atoms with Gasteiger partial charge >= 0.3 is 0 Å². The van der Waals surface area contributed by atoms with Gasteiger partial charge in [0.25, 0.3) is 0 Å². The number of carbonyl (C=O) groups excluding carboxylic acids is 1. The lowest BCUT2D eigenvalue weighted by Crippen LogP contribution is -2.23. The van der Waals surface area contributed by atoms with Crippen LogP contribution in [-0.2, 0) is 4.79 Å². The molecule has 5 nitrogen and oxygen atoms in total. The van der Waals surface area contributed by atoms with E-state index in [0.29, 0.717) is 6.61 Å². The molecule has 0 aliphatic heterocycles. The molecule has 140 valence electrons. The van der Waals surface area contributed by atoms with E-state index in [1.165, 1.54) is 5.69 Å². The molecule has 1 amide bonds. The second kappa shape index (κ2) is 9.70. The van der Waals surface area contributed by atoms with Crippen molar-refractivity contribution in [3.05, 3.63) is 48.0 Å². The van der Waals surface area contributed by atoms with Crippen LogP contribution >= 0.6 is 0 Å². The maximum absolute atomic E-state index is 12.3. The Labute approximate surface area is 156 Å². The first kappa shape index (κ1) is 19.6. The molecule has 0 bridgehead atoms. The maximum atomic E-state index is 12.3. The van der Waals surface area contributed by atoms with Gasteiger partial charge in [0.2, 0.25) is 5.91 Å². The zero-order chi connectivity index (χ0) is 18.9. The summed E-state index contributed by atoms with van der Waals surface area (Å²) in [7, 11) is 0. The topological polar surface area (TPSA) is 53.6 Å². The summed E-state index contributed by atoms with van der Waals surface area (Å²) in [4.78, 5) is 14.6. The highest BCUT2D eigenvalue weighted by molar-refractivity contribution is 5.94. The molecule has 0 radical (unpaired) electrons. The minimum Gasteiger partial charge on any atom is -0.492 e. The molecule has 0 fully saturated rings. The summed E-state index contributed by atoms with van der Waals surface area (Å²) in [5.74, 6) is 0.664. The van der Waals surface area contributed by atoms with Crippen molar-refractivity contribution in [1.29, 1.82) is 0 Å². The van der Waals surface area contributed by atoms with Gasteiger partial charge in [-0.2, -0.15) is 0 Å². The zero-order valence-corrected chi connectivity index (χ0v) is 16.1. The lowest BCUT2D eigenvalue weighted by atomic mass is 10.1. The van der Waals surface area contributed by atoms with E-state index in [4.69, 9.17) is 4.74 Å². The van der Waals surface area contributed by atoms with Crippen LogP contribution in [0.4, 0.5) is 17.1 Å². The van der Waals surface area contributed by atoms with E-state index in [1.54, 1.807) is 0 Å². The first-order chi connectivity index (χ1) is 12.6. The molecule has 0 heterocycles. The van der Waals surface area contributed by atoms with E-state index in [9.17, 15) is 4.79 Å². The molecule has 0 saturated heterocycles. The highest BCUT2D eigenvalue weighted by Gasteiger charge is 2.09. The van der Waals surface area contributed by atoms with E-state index in [2.05, 4.69) is 35.4 Å². The first-order valence-corrected chi connectivity index (χ1v) is 9.20. The highest BCUT2D eigenvalue weighted by atomic mass is 16.5. The van der Waals surface area contributed by atoms with Crippen molar-refractivity contribution in [3.8, 4) is 5.75 Å². The Bertz CT molecular complexity index is 727. The van der Waals surface area contributed by atoms with Gasteiger partial charge in [0.05, 0.1) is 18.8 Å². The van der Waals surface area contributed by atoms with Crippen LogP contribution in [0.3, 0.4) is 0 Å². The summed E-state index contributed by atoms with van der Waals surface area (Å²) in [6, 6.07) is 13.8. The Hall–Kier alpha value is -2.69. The normalized spacial score (nSPS) is 10.3. The average Bonchev–Trinajstić information content (AvgIpc) is 2.64. The fourth-order valence-corrected chi connectivity index (χ4v) is 2.84. The van der Waals surface area contributed by atoms with E-state index >= 15 is 0 Å². The molecule has 0 aliphatic carbocycles. The van der Waals surface area contributed by atoms with Crippen LogP contribution < -0.4 is 20.3 Å². The number of para-hydroxylation sites is 2. The third-order valence-corrected chi connectivity index (χ3v) is 4.24. The van der Waals surface area contributed by atoms with Crippen molar-refractivity contribution in [2.24, 2.45) is 0 Å². The van der Waals surface area contributed by atoms with Crippen molar-refractivity contribution in [3.63, 3.8) is 0 Å². The number of benzene rings is 2. The zero-order valence-electron chi connectivity index (χ0n) is 16.1. The van der Waals surface area contributed by atoms with Gasteiger partial charge in [-0.3, -0.25) is 4.79 Å². The van der Waals surface area contributed by atoms with Crippen LogP contribution in [0.1, 0.15) is 26.3 Å². The molecule has 26 heavy (non-hydrogen) atoms. The fourth-order valence-electron chi connectivity index (χ4n) is 2.84. The van der Waals surface area contributed by atoms with Crippen LogP contribution in [-0.4, -0.2) is 32.1 Å². The quantitative estimate of drug-likeness (QED) is 0.704. The van der Waals surface area contributed by atoms with Crippen molar-refractivity contribution >= 4 is 23.0 Å². The van der Waals surface area contributed by atoms with E-state index < -0.39 is 0 Å². The van der Waals surface area contributed by atoms with Gasteiger partial charge < -0.3 is 20.3 Å². The number of hydrogen-bond donors (Lipinski definition) is 2. The highest BCUT2D eigenvalue weighted by Crippen LogP contribution is 2.24. The number of hydrogen-bond acceptors (Lipinski definition) is 4. The molecule has 0 spiro atoms. The van der Waals surface area contributed by atoms with Gasteiger partial charge in [-0.1, -0.05) is 12.1 Å². The Kier molecular flexibility index (Phi) is 7.33. The van der Waals surface area contributed by atoms with Crippen LogP contribution in [0.15, 0.2) is 42.5 Å². The summed E-state index contributed by atoms with van der Waals surface area (Å²) >= 11 is 0. The molecule has 2 aromatic carbocycles. The SMILES string of the molecule is CCOc1ccccc1NCC(=O)Nc1ccc(N(CC)CC)cc1C. The van der Waals surface area contributed by atoms with E-state index in [0.717, 1.165) is 35.8 Å². The minimum atomic E-state index is -0.0880. The van der Waals surface area contributed by atoms with Crippen LogP contribution in [0, 0.1) is 6.92 Å². The van der Waals surface area contributed by atoms with Crippen molar-refractivity contribution in [2.75, 3.05) is 41.8 Å². The number of anilines is 3. The molecule has 5 heteroatoms. The van der Waals surface area contributed by atoms with Crippen molar-refractivity contribution in [2.45, 2.75) is 27.7 Å². The molecule has 2 rings (SSSR count). The lowest BCUT2D eigenvalue weighted by molar-refractivity contribution is -0.114. The Morgan fingerprint density at radius 1 is 1.04 bits per heavy atom. The minimum absolute atomic E-state index is 0.0880. The lowest BCUT2D eigenvalue weighted by Gasteiger charge is -2.22. The first-order valence-electron chi connectivity index (χ1n) is 9.20. The summed E-state index contributed by atoms with van der Waals surface area (Å²) < 4.78 is 5.56. The fraction of sp³-hybridized carbons (Fsp3) is 0.381. The summed E-state index contributed by atoms with van der Waals surface area (Å²) in [5, 5.41) is 6.11. The van der Waals surface area contributed by atoms with Gasteiger partial charge in [0.1, 0.15) is 5.75 Å². The number of rotatable bonds is 9. The van der Waals surface area contributed by atoms with Crippen LogP contribution in [0.2, 0.25) is 0 Å². The van der Waals surface area contributed by atoms with Crippen LogP contribution in [0.25, 0.3) is 0 Å². The Morgan fingerprint density at radius 3 is 2.42 bits per heavy atom. The number of ether oxygens (including phenoxy) is 1. The van der Waals surface area contributed by atoms with Gasteiger partial charge in [-0.05, 0) is 63.6 Å². The molecule has 0 aliphatic rings. The van der Waals surface area contributed by atoms with Crippen LogP contribution in [0.5, 0.6) is 5.75 Å². The molecule has 2 N–H and O–H groups in total. The van der Waals surface area contributed by atoms with Gasteiger partial charge in [0.15, 0.2) is 0 Å². The van der Waals surface area contributed by atoms with Gasteiger partial charge in [-0.25, -0.2) is 0 Å². The standard InChI is InChI=1S/C21H29N3O2/c1-5-24(6-2)17-12-13-18(16(4)14-17)23-21(25)15-22-19-10-8-9-11-20(19)26-7-3/h8-14,22H,5-7,15H2,1-4H3,(H,23,25). The van der Waals surface area contributed by atoms with E-state index in [-0.39, 0.29) is 12.5 Å². The van der Waals surface area contributed by atoms with Gasteiger partial charge in [0, 0.05) is 24.5 Å². The maximum Gasteiger partial charge on any atom is 0.243 e. The number of aryl methyl sites for hydroxylation is 1. The molecular weight excluding hydrogens is 326 g/mol. The largest absolute Gasteiger partial charge is 0.492 e. The summed E-state index contributed by atoms with van der Waals surface area (Å²) in [6.07, 6.45) is 0. The summed E-state index contributed by atoms with van der Waals surface area (Å²) in [5.41, 5.74) is 3.88. The molecule has 0 atom stereocenters.